The number of fused-ring (bicyclic) bond motifs is 1. The molecule has 1 heterocycles. The second kappa shape index (κ2) is 11.0. The lowest BCUT2D eigenvalue weighted by Crippen LogP contribution is -2.52. The average molecular weight is 502 g/mol. The minimum Gasteiger partial charge on any atom is -0.483 e. The van der Waals surface area contributed by atoms with Crippen LogP contribution in [0.1, 0.15) is 69.4 Å². The standard InChI is InChI=1S/C32H39NO4/c1-22-12-14-23(15-13-22)20-33-25-16-17-27-26(18-25)29(35-21-24-10-8-7-9-11-24)30(32(5,6)37-27)36-28(34)19-31(2,3)4/h7-18,29-30,33H,19-21H2,1-6H3. The largest absolute Gasteiger partial charge is 0.483 e. The first-order chi connectivity index (χ1) is 17.5. The van der Waals surface area contributed by atoms with Crippen LogP contribution in [0.15, 0.2) is 72.8 Å². The molecule has 1 aliphatic rings. The summed E-state index contributed by atoms with van der Waals surface area (Å²) in [6.45, 7) is 13.2. The van der Waals surface area contributed by atoms with Gasteiger partial charge in [0.15, 0.2) is 6.10 Å². The molecule has 0 saturated carbocycles. The molecule has 37 heavy (non-hydrogen) atoms. The Bertz CT molecular complexity index is 1200. The number of esters is 1. The zero-order chi connectivity index (χ0) is 26.6. The zero-order valence-corrected chi connectivity index (χ0v) is 22.8. The van der Waals surface area contributed by atoms with E-state index >= 15 is 0 Å². The van der Waals surface area contributed by atoms with E-state index in [9.17, 15) is 4.79 Å². The number of rotatable bonds is 8. The molecule has 3 aromatic rings. The van der Waals surface area contributed by atoms with Crippen LogP contribution in [0.5, 0.6) is 5.75 Å². The monoisotopic (exact) mass is 501 g/mol. The lowest BCUT2D eigenvalue weighted by Gasteiger charge is -2.44. The molecule has 0 bridgehead atoms. The Labute approximate surface area is 221 Å². The van der Waals surface area contributed by atoms with Crippen molar-refractivity contribution in [2.45, 2.75) is 78.9 Å². The quantitative estimate of drug-likeness (QED) is 0.326. The van der Waals surface area contributed by atoms with Crippen molar-refractivity contribution in [3.63, 3.8) is 0 Å². The van der Waals surface area contributed by atoms with Crippen molar-refractivity contribution in [1.82, 2.24) is 0 Å². The van der Waals surface area contributed by atoms with Crippen LogP contribution in [0.4, 0.5) is 5.69 Å². The Morgan fingerprint density at radius 3 is 2.35 bits per heavy atom. The van der Waals surface area contributed by atoms with Crippen molar-refractivity contribution in [1.29, 1.82) is 0 Å². The van der Waals surface area contributed by atoms with Gasteiger partial charge in [-0.05, 0) is 55.5 Å². The summed E-state index contributed by atoms with van der Waals surface area (Å²) in [6, 6.07) is 24.6. The van der Waals surface area contributed by atoms with Gasteiger partial charge in [-0.2, -0.15) is 0 Å². The smallest absolute Gasteiger partial charge is 0.306 e. The fourth-order valence-electron chi connectivity index (χ4n) is 4.51. The maximum Gasteiger partial charge on any atom is 0.306 e. The second-order valence-electron chi connectivity index (χ2n) is 11.7. The molecule has 0 saturated heterocycles. The molecule has 1 aliphatic heterocycles. The highest BCUT2D eigenvalue weighted by Gasteiger charge is 2.47. The maximum atomic E-state index is 13.0. The minimum atomic E-state index is -0.765. The molecule has 0 amide bonds. The molecule has 0 radical (unpaired) electrons. The number of hydrogen-bond acceptors (Lipinski definition) is 5. The molecule has 1 N–H and O–H groups in total. The maximum absolute atomic E-state index is 13.0. The third-order valence-electron chi connectivity index (χ3n) is 6.47. The van der Waals surface area contributed by atoms with E-state index in [0.29, 0.717) is 19.6 Å². The van der Waals surface area contributed by atoms with Gasteiger partial charge in [-0.15, -0.1) is 0 Å². The molecule has 0 fully saturated rings. The highest BCUT2D eigenvalue weighted by atomic mass is 16.6. The number of anilines is 1. The topological polar surface area (TPSA) is 56.8 Å². The predicted molar refractivity (Wildman–Crippen MR) is 148 cm³/mol. The van der Waals surface area contributed by atoms with Crippen molar-refractivity contribution >= 4 is 11.7 Å². The van der Waals surface area contributed by atoms with E-state index in [1.807, 2.05) is 77.1 Å². The normalized spacial score (nSPS) is 18.4. The Morgan fingerprint density at radius 2 is 1.68 bits per heavy atom. The molecule has 2 unspecified atom stereocenters. The second-order valence-corrected chi connectivity index (χ2v) is 11.7. The Balaban J connectivity index is 1.62. The first kappa shape index (κ1) is 26.7. The number of aryl methyl sites for hydroxylation is 1. The summed E-state index contributed by atoms with van der Waals surface area (Å²) in [4.78, 5) is 13.0. The molecule has 0 aromatic heterocycles. The fourth-order valence-corrected chi connectivity index (χ4v) is 4.51. The van der Waals surface area contributed by atoms with Crippen molar-refractivity contribution in [3.05, 3.63) is 95.1 Å². The molecule has 4 rings (SSSR count). The van der Waals surface area contributed by atoms with Crippen LogP contribution >= 0.6 is 0 Å². The summed E-state index contributed by atoms with van der Waals surface area (Å²) in [5.41, 5.74) is 4.38. The molecule has 5 heteroatoms. The van der Waals surface area contributed by atoms with Crippen LogP contribution in [0.25, 0.3) is 0 Å². The van der Waals surface area contributed by atoms with E-state index in [2.05, 4.69) is 42.6 Å². The van der Waals surface area contributed by atoms with Gasteiger partial charge in [0.1, 0.15) is 17.5 Å². The lowest BCUT2D eigenvalue weighted by molar-refractivity contribution is -0.187. The van der Waals surface area contributed by atoms with E-state index in [1.165, 1.54) is 11.1 Å². The number of hydrogen-bond donors (Lipinski definition) is 1. The van der Waals surface area contributed by atoms with E-state index in [0.717, 1.165) is 22.6 Å². The summed E-state index contributed by atoms with van der Waals surface area (Å²) in [5.74, 6) is 0.492. The van der Waals surface area contributed by atoms with E-state index in [4.69, 9.17) is 14.2 Å². The molecule has 5 nitrogen and oxygen atoms in total. The number of carbonyl (C=O) groups is 1. The van der Waals surface area contributed by atoms with Gasteiger partial charge in [0.2, 0.25) is 0 Å². The predicted octanol–water partition coefficient (Wildman–Crippen LogP) is 7.38. The van der Waals surface area contributed by atoms with Gasteiger partial charge in [-0.3, -0.25) is 4.79 Å². The van der Waals surface area contributed by atoms with Crippen LogP contribution in [-0.2, 0) is 27.4 Å². The Hall–Kier alpha value is -3.31. The molecule has 0 aliphatic carbocycles. The molecule has 0 spiro atoms. The zero-order valence-electron chi connectivity index (χ0n) is 22.8. The summed E-state index contributed by atoms with van der Waals surface area (Å²) < 4.78 is 19.0. The molecule has 3 aromatic carbocycles. The van der Waals surface area contributed by atoms with Crippen LogP contribution in [0, 0.1) is 12.3 Å². The van der Waals surface area contributed by atoms with Crippen molar-refractivity contribution < 1.29 is 19.0 Å². The average Bonchev–Trinajstić information content (AvgIpc) is 2.83. The van der Waals surface area contributed by atoms with Crippen molar-refractivity contribution in [3.8, 4) is 5.75 Å². The number of ether oxygens (including phenoxy) is 3. The van der Waals surface area contributed by atoms with Gasteiger partial charge < -0.3 is 19.5 Å². The fraction of sp³-hybridized carbons (Fsp3) is 0.406. The highest BCUT2D eigenvalue weighted by Crippen LogP contribution is 2.45. The lowest BCUT2D eigenvalue weighted by atomic mass is 9.87. The minimum absolute atomic E-state index is 0.178. The highest BCUT2D eigenvalue weighted by molar-refractivity contribution is 5.70. The van der Waals surface area contributed by atoms with Gasteiger partial charge in [0, 0.05) is 17.8 Å². The molecule has 196 valence electrons. The first-order valence-corrected chi connectivity index (χ1v) is 13.0. The van der Waals surface area contributed by atoms with Crippen LogP contribution in [0.3, 0.4) is 0 Å². The van der Waals surface area contributed by atoms with E-state index < -0.39 is 17.8 Å². The van der Waals surface area contributed by atoms with Gasteiger partial charge in [-0.1, -0.05) is 80.9 Å². The van der Waals surface area contributed by atoms with Crippen LogP contribution in [-0.4, -0.2) is 17.7 Å². The summed E-state index contributed by atoms with van der Waals surface area (Å²) >= 11 is 0. The molecular formula is C32H39NO4. The first-order valence-electron chi connectivity index (χ1n) is 13.0. The Kier molecular flexibility index (Phi) is 7.93. The molecule has 2 atom stereocenters. The van der Waals surface area contributed by atoms with Crippen molar-refractivity contribution in [2.24, 2.45) is 5.41 Å². The molecular weight excluding hydrogens is 462 g/mol. The van der Waals surface area contributed by atoms with E-state index in [-0.39, 0.29) is 11.4 Å². The summed E-state index contributed by atoms with van der Waals surface area (Å²) in [5, 5.41) is 3.51. The number of carbonyl (C=O) groups excluding carboxylic acids is 1. The van der Waals surface area contributed by atoms with E-state index in [1.54, 1.807) is 0 Å². The number of benzene rings is 3. The third kappa shape index (κ3) is 7.14. The third-order valence-corrected chi connectivity index (χ3v) is 6.47. The van der Waals surface area contributed by atoms with Gasteiger partial charge in [0.25, 0.3) is 0 Å². The number of nitrogens with one attached hydrogen (secondary N) is 1. The van der Waals surface area contributed by atoms with Crippen LogP contribution in [0.2, 0.25) is 0 Å². The van der Waals surface area contributed by atoms with Crippen molar-refractivity contribution in [2.75, 3.05) is 5.32 Å². The summed E-state index contributed by atoms with van der Waals surface area (Å²) in [6.07, 6.45) is -0.773. The van der Waals surface area contributed by atoms with Gasteiger partial charge >= 0.3 is 5.97 Å². The van der Waals surface area contributed by atoms with Gasteiger partial charge in [-0.25, -0.2) is 0 Å². The summed E-state index contributed by atoms with van der Waals surface area (Å²) in [7, 11) is 0. The Morgan fingerprint density at radius 1 is 0.973 bits per heavy atom. The van der Waals surface area contributed by atoms with Gasteiger partial charge in [0.05, 0.1) is 13.0 Å². The SMILES string of the molecule is Cc1ccc(CNc2ccc3c(c2)C(OCc2ccccc2)C(OC(=O)CC(C)(C)C)C(C)(C)O3)cc1. The van der Waals surface area contributed by atoms with Crippen LogP contribution < -0.4 is 10.1 Å².